The molecule has 1 aliphatic carbocycles. The van der Waals surface area contributed by atoms with Crippen molar-refractivity contribution >= 4 is 5.97 Å². The zero-order valence-corrected chi connectivity index (χ0v) is 12.4. The lowest BCUT2D eigenvalue weighted by Gasteiger charge is -2.37. The van der Waals surface area contributed by atoms with E-state index in [9.17, 15) is 4.79 Å². The van der Waals surface area contributed by atoms with E-state index in [2.05, 4.69) is 25.8 Å². The molecule has 0 aromatic heterocycles. The third-order valence-electron chi connectivity index (χ3n) is 4.28. The quantitative estimate of drug-likeness (QED) is 0.682. The van der Waals surface area contributed by atoms with Gasteiger partial charge in [-0.25, -0.2) is 0 Å². The van der Waals surface area contributed by atoms with E-state index in [1.54, 1.807) is 0 Å². The van der Waals surface area contributed by atoms with Crippen molar-refractivity contribution in [2.24, 2.45) is 5.92 Å². The Morgan fingerprint density at radius 3 is 2.72 bits per heavy atom. The van der Waals surface area contributed by atoms with E-state index in [1.165, 1.54) is 32.8 Å². The Kier molecular flexibility index (Phi) is 6.69. The monoisotopic (exact) mass is 255 g/mol. The van der Waals surface area contributed by atoms with Crippen LogP contribution in [0.1, 0.15) is 58.8 Å². The highest BCUT2D eigenvalue weighted by atomic mass is 16.5. The molecule has 1 saturated carbocycles. The number of esters is 1. The fraction of sp³-hybridized carbons (Fsp3) is 0.933. The molecule has 1 fully saturated rings. The first-order valence-electron chi connectivity index (χ1n) is 7.39. The van der Waals surface area contributed by atoms with Gasteiger partial charge in [0.15, 0.2) is 0 Å². The second-order valence-corrected chi connectivity index (χ2v) is 5.77. The van der Waals surface area contributed by atoms with Crippen LogP contribution in [0.4, 0.5) is 0 Å². The summed E-state index contributed by atoms with van der Waals surface area (Å²) >= 11 is 0. The molecule has 0 spiro atoms. The molecule has 18 heavy (non-hydrogen) atoms. The molecule has 0 heterocycles. The average Bonchev–Trinajstić information content (AvgIpc) is 2.38. The van der Waals surface area contributed by atoms with Crippen molar-refractivity contribution < 1.29 is 9.53 Å². The van der Waals surface area contributed by atoms with Gasteiger partial charge in [-0.2, -0.15) is 0 Å². The molecule has 0 bridgehead atoms. The number of nitrogens with zero attached hydrogens (tertiary/aromatic N) is 1. The fourth-order valence-corrected chi connectivity index (χ4v) is 3.05. The molecule has 106 valence electrons. The summed E-state index contributed by atoms with van der Waals surface area (Å²) in [5, 5.41) is 0. The standard InChI is InChI=1S/C15H29NO2/c1-5-6-10-14(15(17)18-4)16(3)13-9-7-8-12(2)11-13/h12-14H,5-11H2,1-4H3. The zero-order chi connectivity index (χ0) is 13.5. The number of ether oxygens (including phenoxy) is 1. The van der Waals surface area contributed by atoms with Crippen molar-refractivity contribution in [3.63, 3.8) is 0 Å². The molecule has 0 saturated heterocycles. The molecular weight excluding hydrogens is 226 g/mol. The van der Waals surface area contributed by atoms with Crippen LogP contribution in [0.5, 0.6) is 0 Å². The number of unbranched alkanes of at least 4 members (excludes halogenated alkanes) is 1. The van der Waals surface area contributed by atoms with E-state index in [4.69, 9.17) is 4.74 Å². The average molecular weight is 255 g/mol. The molecule has 1 rings (SSSR count). The molecule has 3 unspecified atom stereocenters. The lowest BCUT2D eigenvalue weighted by atomic mass is 9.85. The van der Waals surface area contributed by atoms with Gasteiger partial charge >= 0.3 is 5.97 Å². The van der Waals surface area contributed by atoms with Crippen molar-refractivity contribution in [2.75, 3.05) is 14.2 Å². The summed E-state index contributed by atoms with van der Waals surface area (Å²) < 4.78 is 4.97. The van der Waals surface area contributed by atoms with Gasteiger partial charge < -0.3 is 4.74 Å². The largest absolute Gasteiger partial charge is 0.468 e. The minimum absolute atomic E-state index is 0.0507. The van der Waals surface area contributed by atoms with E-state index in [1.807, 2.05) is 0 Å². The molecule has 0 radical (unpaired) electrons. The Labute approximate surface area is 112 Å². The van der Waals surface area contributed by atoms with Crippen LogP contribution < -0.4 is 0 Å². The molecule has 0 aromatic carbocycles. The van der Waals surface area contributed by atoms with E-state index < -0.39 is 0 Å². The van der Waals surface area contributed by atoms with Gasteiger partial charge in [0.25, 0.3) is 0 Å². The topological polar surface area (TPSA) is 29.5 Å². The minimum Gasteiger partial charge on any atom is -0.468 e. The Bertz CT molecular complexity index is 255. The van der Waals surface area contributed by atoms with Crippen LogP contribution in [-0.2, 0) is 9.53 Å². The third-order valence-corrected chi connectivity index (χ3v) is 4.28. The molecule has 3 atom stereocenters. The zero-order valence-electron chi connectivity index (χ0n) is 12.4. The Hall–Kier alpha value is -0.570. The van der Waals surface area contributed by atoms with E-state index in [0.717, 1.165) is 25.2 Å². The van der Waals surface area contributed by atoms with Crippen LogP contribution in [0.3, 0.4) is 0 Å². The first-order valence-corrected chi connectivity index (χ1v) is 7.39. The van der Waals surface area contributed by atoms with Crippen molar-refractivity contribution in [3.05, 3.63) is 0 Å². The van der Waals surface area contributed by atoms with E-state index >= 15 is 0 Å². The molecule has 0 aliphatic heterocycles. The maximum atomic E-state index is 11.9. The third kappa shape index (κ3) is 4.27. The minimum atomic E-state index is -0.0656. The summed E-state index contributed by atoms with van der Waals surface area (Å²) in [6.45, 7) is 4.48. The number of carbonyl (C=O) groups excluding carboxylic acids is 1. The highest BCUT2D eigenvalue weighted by molar-refractivity contribution is 5.75. The maximum absolute atomic E-state index is 11.9. The lowest BCUT2D eigenvalue weighted by molar-refractivity contribution is -0.148. The van der Waals surface area contributed by atoms with Crippen LogP contribution in [0, 0.1) is 5.92 Å². The Morgan fingerprint density at radius 1 is 1.44 bits per heavy atom. The van der Waals surface area contributed by atoms with Gasteiger partial charge in [-0.3, -0.25) is 9.69 Å². The first kappa shape index (κ1) is 15.5. The summed E-state index contributed by atoms with van der Waals surface area (Å²) in [4.78, 5) is 14.2. The van der Waals surface area contributed by atoms with Crippen molar-refractivity contribution in [2.45, 2.75) is 70.9 Å². The van der Waals surface area contributed by atoms with Crippen LogP contribution in [0.25, 0.3) is 0 Å². The van der Waals surface area contributed by atoms with Crippen molar-refractivity contribution in [1.82, 2.24) is 4.90 Å². The summed E-state index contributed by atoms with van der Waals surface area (Å²) in [7, 11) is 3.60. The van der Waals surface area contributed by atoms with Crippen LogP contribution in [-0.4, -0.2) is 37.1 Å². The predicted molar refractivity (Wildman–Crippen MR) is 74.5 cm³/mol. The lowest BCUT2D eigenvalue weighted by Crippen LogP contribution is -2.46. The van der Waals surface area contributed by atoms with Crippen molar-refractivity contribution in [1.29, 1.82) is 0 Å². The van der Waals surface area contributed by atoms with Gasteiger partial charge in [0, 0.05) is 6.04 Å². The predicted octanol–water partition coefficient (Wildman–Crippen LogP) is 3.23. The van der Waals surface area contributed by atoms with Gasteiger partial charge in [-0.1, -0.05) is 39.5 Å². The summed E-state index contributed by atoms with van der Waals surface area (Å²) in [6.07, 6.45) is 8.20. The molecular formula is C15H29NO2. The fourth-order valence-electron chi connectivity index (χ4n) is 3.05. The molecule has 0 amide bonds. The SMILES string of the molecule is CCCCC(C(=O)OC)N(C)C1CCCC(C)C1. The normalized spacial score (nSPS) is 26.1. The smallest absolute Gasteiger partial charge is 0.323 e. The molecule has 0 aromatic rings. The summed E-state index contributed by atoms with van der Waals surface area (Å²) in [5.41, 5.74) is 0. The van der Waals surface area contributed by atoms with Crippen LogP contribution in [0.15, 0.2) is 0 Å². The van der Waals surface area contributed by atoms with E-state index in [-0.39, 0.29) is 12.0 Å². The Morgan fingerprint density at radius 2 is 2.17 bits per heavy atom. The van der Waals surface area contributed by atoms with E-state index in [0.29, 0.717) is 6.04 Å². The second kappa shape index (κ2) is 7.78. The number of hydrogen-bond donors (Lipinski definition) is 0. The number of carbonyl (C=O) groups is 1. The molecule has 1 aliphatic rings. The molecule has 3 nitrogen and oxygen atoms in total. The van der Waals surface area contributed by atoms with Gasteiger partial charge in [-0.05, 0) is 32.2 Å². The van der Waals surface area contributed by atoms with Gasteiger partial charge in [-0.15, -0.1) is 0 Å². The number of hydrogen-bond acceptors (Lipinski definition) is 3. The summed E-state index contributed by atoms with van der Waals surface area (Å²) in [6, 6.07) is 0.500. The Balaban J connectivity index is 2.61. The first-order chi connectivity index (χ1) is 8.60. The van der Waals surface area contributed by atoms with Crippen LogP contribution in [0.2, 0.25) is 0 Å². The molecule has 3 heteroatoms. The van der Waals surface area contributed by atoms with Crippen LogP contribution >= 0.6 is 0 Å². The number of rotatable bonds is 6. The maximum Gasteiger partial charge on any atom is 0.323 e. The highest BCUT2D eigenvalue weighted by Gasteiger charge is 2.31. The van der Waals surface area contributed by atoms with Crippen molar-refractivity contribution in [3.8, 4) is 0 Å². The summed E-state index contributed by atoms with van der Waals surface area (Å²) in [5.74, 6) is 0.722. The number of likely N-dealkylation sites (N-methyl/N-ethyl adjacent to an activating group) is 1. The van der Waals surface area contributed by atoms with Gasteiger partial charge in [0.1, 0.15) is 6.04 Å². The number of methoxy groups -OCH3 is 1. The molecule has 0 N–H and O–H groups in total. The van der Waals surface area contributed by atoms with Gasteiger partial charge in [0.05, 0.1) is 7.11 Å². The highest BCUT2D eigenvalue weighted by Crippen LogP contribution is 2.28. The second-order valence-electron chi connectivity index (χ2n) is 5.77. The van der Waals surface area contributed by atoms with Gasteiger partial charge in [0.2, 0.25) is 0 Å².